The quantitative estimate of drug-likeness (QED) is 0.743. The number of nitrogens with one attached hydrogen (secondary N) is 1. The van der Waals surface area contributed by atoms with E-state index in [2.05, 4.69) is 4.72 Å². The second-order valence-corrected chi connectivity index (χ2v) is 8.90. The molecule has 2 aromatic carbocycles. The molecule has 25 heavy (non-hydrogen) atoms. The Morgan fingerprint density at radius 3 is 2.36 bits per heavy atom. The van der Waals surface area contributed by atoms with E-state index in [1.54, 1.807) is 7.11 Å². The van der Waals surface area contributed by atoms with E-state index in [1.807, 2.05) is 76.2 Å². The number of hydrogen-bond donors (Lipinski definition) is 1. The smallest absolute Gasteiger partial charge is 0.161 e. The number of ether oxygens (including phenoxy) is 2. The molecule has 0 fully saturated rings. The Labute approximate surface area is 153 Å². The molecule has 0 heterocycles. The van der Waals surface area contributed by atoms with Crippen molar-refractivity contribution in [2.24, 2.45) is 0 Å². The maximum Gasteiger partial charge on any atom is 0.161 e. The summed E-state index contributed by atoms with van der Waals surface area (Å²) in [6, 6.07) is 15.7. The summed E-state index contributed by atoms with van der Waals surface area (Å²) in [6.07, 6.45) is 0. The van der Waals surface area contributed by atoms with Gasteiger partial charge in [-0.25, -0.2) is 0 Å². The van der Waals surface area contributed by atoms with Gasteiger partial charge in [0.1, 0.15) is 11.4 Å². The highest BCUT2D eigenvalue weighted by Crippen LogP contribution is 2.31. The zero-order valence-electron chi connectivity index (χ0n) is 15.5. The molecule has 2 atom stereocenters. The zero-order valence-corrected chi connectivity index (χ0v) is 16.4. The van der Waals surface area contributed by atoms with Gasteiger partial charge >= 0.3 is 0 Å². The highest BCUT2D eigenvalue weighted by molar-refractivity contribution is 7.90. The SMILES string of the molecule is COc1cc([C@@H](C)N[S@@+]([O-])C(C)(C)C)ccc1OCc1ccccc1. The first-order valence-corrected chi connectivity index (χ1v) is 9.49. The van der Waals surface area contributed by atoms with Gasteiger partial charge in [-0.3, -0.25) is 0 Å². The van der Waals surface area contributed by atoms with Gasteiger partial charge in [-0.05, 0) is 51.0 Å². The van der Waals surface area contributed by atoms with Gasteiger partial charge in [-0.1, -0.05) is 36.4 Å². The Kier molecular flexibility index (Phi) is 6.76. The first-order valence-electron chi connectivity index (χ1n) is 8.34. The molecular formula is C20H27NO3S. The average molecular weight is 362 g/mol. The van der Waals surface area contributed by atoms with Crippen LogP contribution in [0, 0.1) is 0 Å². The number of benzene rings is 2. The molecule has 136 valence electrons. The third-order valence-electron chi connectivity index (χ3n) is 3.76. The molecule has 0 saturated heterocycles. The molecule has 2 rings (SSSR count). The molecule has 0 aliphatic heterocycles. The van der Waals surface area contributed by atoms with Crippen LogP contribution in [0.5, 0.6) is 11.5 Å². The third-order valence-corrected chi connectivity index (χ3v) is 5.44. The minimum Gasteiger partial charge on any atom is -0.598 e. The highest BCUT2D eigenvalue weighted by Gasteiger charge is 2.28. The molecule has 1 N–H and O–H groups in total. The van der Waals surface area contributed by atoms with Crippen LogP contribution in [-0.2, 0) is 18.0 Å². The third kappa shape index (κ3) is 5.66. The van der Waals surface area contributed by atoms with Crippen molar-refractivity contribution in [2.75, 3.05) is 7.11 Å². The predicted molar refractivity (Wildman–Crippen MR) is 103 cm³/mol. The molecule has 0 unspecified atom stereocenters. The van der Waals surface area contributed by atoms with Gasteiger partial charge < -0.3 is 14.0 Å². The van der Waals surface area contributed by atoms with E-state index >= 15 is 0 Å². The molecular weight excluding hydrogens is 334 g/mol. The Morgan fingerprint density at radius 2 is 1.76 bits per heavy atom. The first-order chi connectivity index (χ1) is 11.8. The summed E-state index contributed by atoms with van der Waals surface area (Å²) in [5, 5.41) is 0. The maximum absolute atomic E-state index is 12.3. The van der Waals surface area contributed by atoms with Gasteiger partial charge in [0, 0.05) is 11.4 Å². The fraction of sp³-hybridized carbons (Fsp3) is 0.400. The maximum atomic E-state index is 12.3. The molecule has 0 bridgehead atoms. The van der Waals surface area contributed by atoms with E-state index in [1.165, 1.54) is 0 Å². The summed E-state index contributed by atoms with van der Waals surface area (Å²) in [7, 11) is 1.62. The van der Waals surface area contributed by atoms with Crippen LogP contribution in [0.25, 0.3) is 0 Å². The summed E-state index contributed by atoms with van der Waals surface area (Å²) >= 11 is -1.13. The summed E-state index contributed by atoms with van der Waals surface area (Å²) in [6.45, 7) is 8.32. The minimum atomic E-state index is -1.13. The highest BCUT2D eigenvalue weighted by atomic mass is 32.2. The van der Waals surface area contributed by atoms with E-state index in [9.17, 15) is 4.55 Å². The standard InChI is InChI=1S/C20H27NO3S/c1-15(21-25(22)20(2,3)4)17-11-12-18(19(13-17)23-5)24-14-16-9-7-6-8-10-16/h6-13,15,21H,14H2,1-5H3/t15-,25+/m1/s1. The van der Waals surface area contributed by atoms with Gasteiger partial charge in [0.05, 0.1) is 13.2 Å². The second-order valence-electron chi connectivity index (χ2n) is 6.91. The van der Waals surface area contributed by atoms with Crippen LogP contribution in [-0.4, -0.2) is 16.4 Å². The van der Waals surface area contributed by atoms with Crippen molar-refractivity contribution in [1.82, 2.24) is 4.72 Å². The van der Waals surface area contributed by atoms with Crippen molar-refractivity contribution in [1.29, 1.82) is 0 Å². The monoisotopic (exact) mass is 361 g/mol. The lowest BCUT2D eigenvalue weighted by atomic mass is 10.1. The number of methoxy groups -OCH3 is 1. The Balaban J connectivity index is 2.07. The van der Waals surface area contributed by atoms with E-state index in [0.29, 0.717) is 18.1 Å². The topological polar surface area (TPSA) is 53.5 Å². The summed E-state index contributed by atoms with van der Waals surface area (Å²) in [4.78, 5) is 0. The van der Waals surface area contributed by atoms with Crippen molar-refractivity contribution in [3.8, 4) is 11.5 Å². The van der Waals surface area contributed by atoms with Crippen LogP contribution in [0.15, 0.2) is 48.5 Å². The van der Waals surface area contributed by atoms with Crippen LogP contribution < -0.4 is 14.2 Å². The summed E-state index contributed by atoms with van der Waals surface area (Å²) in [5.74, 6) is 1.36. The Bertz CT molecular complexity index is 670. The lowest BCUT2D eigenvalue weighted by molar-refractivity contribution is 0.284. The van der Waals surface area contributed by atoms with Gasteiger partial charge in [0.25, 0.3) is 0 Å². The van der Waals surface area contributed by atoms with Crippen molar-refractivity contribution in [3.05, 3.63) is 59.7 Å². The van der Waals surface area contributed by atoms with Crippen LogP contribution in [0.3, 0.4) is 0 Å². The molecule has 0 amide bonds. The lowest BCUT2D eigenvalue weighted by Gasteiger charge is -2.26. The molecule has 0 radical (unpaired) electrons. The second kappa shape index (κ2) is 8.61. The van der Waals surface area contributed by atoms with E-state index in [-0.39, 0.29) is 10.8 Å². The fourth-order valence-electron chi connectivity index (χ4n) is 2.21. The Morgan fingerprint density at radius 1 is 1.08 bits per heavy atom. The first kappa shape index (κ1) is 19.6. The van der Waals surface area contributed by atoms with Crippen molar-refractivity contribution in [2.45, 2.75) is 45.1 Å². The van der Waals surface area contributed by atoms with Crippen LogP contribution in [0.4, 0.5) is 0 Å². The van der Waals surface area contributed by atoms with Crippen LogP contribution in [0.2, 0.25) is 0 Å². The molecule has 0 aromatic heterocycles. The molecule has 0 saturated carbocycles. The average Bonchev–Trinajstić information content (AvgIpc) is 2.59. The van der Waals surface area contributed by atoms with Crippen molar-refractivity contribution in [3.63, 3.8) is 0 Å². The fourth-order valence-corrected chi connectivity index (χ4v) is 3.02. The molecule has 4 nitrogen and oxygen atoms in total. The van der Waals surface area contributed by atoms with Crippen LogP contribution >= 0.6 is 0 Å². The predicted octanol–water partition coefficient (Wildman–Crippen LogP) is 4.39. The molecule has 0 spiro atoms. The molecule has 5 heteroatoms. The molecule has 2 aromatic rings. The van der Waals surface area contributed by atoms with Crippen LogP contribution in [0.1, 0.15) is 44.9 Å². The molecule has 0 aliphatic rings. The van der Waals surface area contributed by atoms with Gasteiger partial charge in [-0.15, -0.1) is 4.72 Å². The number of hydrogen-bond acceptors (Lipinski definition) is 4. The largest absolute Gasteiger partial charge is 0.598 e. The summed E-state index contributed by atoms with van der Waals surface area (Å²) in [5.41, 5.74) is 2.10. The van der Waals surface area contributed by atoms with Gasteiger partial charge in [0.15, 0.2) is 11.5 Å². The summed E-state index contributed by atoms with van der Waals surface area (Å²) < 4.78 is 26.5. The van der Waals surface area contributed by atoms with E-state index < -0.39 is 11.4 Å². The number of rotatable bonds is 7. The zero-order chi connectivity index (χ0) is 18.4. The Hall–Kier alpha value is -1.69. The van der Waals surface area contributed by atoms with E-state index in [4.69, 9.17) is 9.47 Å². The normalized spacial score (nSPS) is 14.0. The van der Waals surface area contributed by atoms with Crippen molar-refractivity contribution >= 4 is 11.4 Å². The molecule has 0 aliphatic carbocycles. The van der Waals surface area contributed by atoms with E-state index in [0.717, 1.165) is 11.1 Å². The lowest BCUT2D eigenvalue weighted by Crippen LogP contribution is -2.40. The van der Waals surface area contributed by atoms with Gasteiger partial charge in [-0.2, -0.15) is 0 Å². The minimum absolute atomic E-state index is 0.0582. The van der Waals surface area contributed by atoms with Crippen molar-refractivity contribution < 1.29 is 14.0 Å². The van der Waals surface area contributed by atoms with Gasteiger partial charge in [0.2, 0.25) is 0 Å².